The molecule has 0 amide bonds. The summed E-state index contributed by atoms with van der Waals surface area (Å²) in [7, 11) is 0. The first-order chi connectivity index (χ1) is 9.67. The van der Waals surface area contributed by atoms with Gasteiger partial charge in [0.05, 0.1) is 17.8 Å². The molecule has 0 aliphatic carbocycles. The number of hydrogen-bond acceptors (Lipinski definition) is 4. The molecule has 3 aromatic rings. The molecule has 2 heterocycles. The molecule has 0 aliphatic rings. The highest BCUT2D eigenvalue weighted by Crippen LogP contribution is 2.23. The first-order valence-corrected chi connectivity index (χ1v) is 6.22. The molecule has 0 saturated heterocycles. The number of imidazole rings is 1. The first kappa shape index (κ1) is 12.4. The van der Waals surface area contributed by atoms with Gasteiger partial charge in [0.1, 0.15) is 11.6 Å². The van der Waals surface area contributed by atoms with Crippen molar-refractivity contribution in [1.82, 2.24) is 15.0 Å². The lowest BCUT2D eigenvalue weighted by molar-refractivity contribution is 0.328. The van der Waals surface area contributed by atoms with E-state index in [0.29, 0.717) is 29.5 Å². The third kappa shape index (κ3) is 2.16. The number of nitrogens with one attached hydrogen (secondary N) is 1. The summed E-state index contributed by atoms with van der Waals surface area (Å²) in [6, 6.07) is 8.15. The number of nitrogens with two attached hydrogens (primary N) is 1. The highest BCUT2D eigenvalue weighted by molar-refractivity contribution is 5.76. The Morgan fingerprint density at radius 3 is 2.85 bits per heavy atom. The molecule has 0 bridgehead atoms. The van der Waals surface area contributed by atoms with Crippen molar-refractivity contribution in [3.05, 3.63) is 36.1 Å². The van der Waals surface area contributed by atoms with Gasteiger partial charge in [0.15, 0.2) is 5.65 Å². The van der Waals surface area contributed by atoms with Crippen LogP contribution in [0.4, 0.5) is 10.1 Å². The van der Waals surface area contributed by atoms with Gasteiger partial charge in [-0.3, -0.25) is 0 Å². The molecule has 0 aliphatic heterocycles. The summed E-state index contributed by atoms with van der Waals surface area (Å²) in [4.78, 5) is 11.7. The molecule has 3 rings (SSSR count). The van der Waals surface area contributed by atoms with E-state index in [4.69, 9.17) is 10.5 Å². The number of benzene rings is 1. The Hall–Kier alpha value is -2.63. The molecule has 20 heavy (non-hydrogen) atoms. The van der Waals surface area contributed by atoms with E-state index in [1.807, 2.05) is 13.0 Å². The highest BCUT2D eigenvalue weighted by atomic mass is 19.1. The van der Waals surface area contributed by atoms with Crippen LogP contribution in [0.25, 0.3) is 22.6 Å². The molecule has 0 atom stereocenters. The molecule has 2 aromatic heterocycles. The topological polar surface area (TPSA) is 76.8 Å². The number of aromatic nitrogens is 3. The lowest BCUT2D eigenvalue weighted by Crippen LogP contribution is -1.93. The minimum Gasteiger partial charge on any atom is -0.478 e. The molecule has 3 N–H and O–H groups in total. The largest absolute Gasteiger partial charge is 0.478 e. The van der Waals surface area contributed by atoms with E-state index in [1.165, 1.54) is 12.1 Å². The van der Waals surface area contributed by atoms with Gasteiger partial charge in [-0.25, -0.2) is 9.37 Å². The van der Waals surface area contributed by atoms with Gasteiger partial charge in [0.25, 0.3) is 0 Å². The van der Waals surface area contributed by atoms with Crippen LogP contribution in [0.1, 0.15) is 6.92 Å². The van der Waals surface area contributed by atoms with Crippen LogP contribution in [0, 0.1) is 5.82 Å². The number of fused-ring (bicyclic) bond motifs is 1. The molecule has 102 valence electrons. The predicted molar refractivity (Wildman–Crippen MR) is 74.9 cm³/mol. The number of halogens is 1. The quantitative estimate of drug-likeness (QED) is 0.719. The van der Waals surface area contributed by atoms with Crippen LogP contribution >= 0.6 is 0 Å². The Labute approximate surface area is 114 Å². The number of ether oxygens (including phenoxy) is 1. The minimum atomic E-state index is -0.467. The first-order valence-electron chi connectivity index (χ1n) is 6.22. The zero-order chi connectivity index (χ0) is 14.1. The smallest absolute Gasteiger partial charge is 0.215 e. The van der Waals surface area contributed by atoms with Crippen LogP contribution in [0.15, 0.2) is 30.3 Å². The maximum Gasteiger partial charge on any atom is 0.215 e. The number of H-pyrrole nitrogens is 1. The van der Waals surface area contributed by atoms with Crippen LogP contribution in [0.5, 0.6) is 5.88 Å². The van der Waals surface area contributed by atoms with Crippen molar-refractivity contribution < 1.29 is 9.13 Å². The lowest BCUT2D eigenvalue weighted by Gasteiger charge is -1.99. The van der Waals surface area contributed by atoms with E-state index in [0.717, 1.165) is 5.52 Å². The average Bonchev–Trinajstić information content (AvgIpc) is 2.85. The number of rotatable bonds is 3. The van der Waals surface area contributed by atoms with E-state index in [2.05, 4.69) is 15.0 Å². The second kappa shape index (κ2) is 4.80. The molecule has 0 unspecified atom stereocenters. The van der Waals surface area contributed by atoms with Gasteiger partial charge in [0, 0.05) is 11.6 Å². The maximum atomic E-state index is 13.5. The van der Waals surface area contributed by atoms with Crippen LogP contribution in [-0.4, -0.2) is 21.6 Å². The van der Waals surface area contributed by atoms with E-state index < -0.39 is 5.82 Å². The van der Waals surface area contributed by atoms with Gasteiger partial charge in [-0.1, -0.05) is 0 Å². The molecule has 0 spiro atoms. The summed E-state index contributed by atoms with van der Waals surface area (Å²) in [5, 5.41) is 0. The van der Waals surface area contributed by atoms with Crippen molar-refractivity contribution >= 4 is 16.9 Å². The third-order valence-electron chi connectivity index (χ3n) is 2.89. The van der Waals surface area contributed by atoms with E-state index in [1.54, 1.807) is 12.1 Å². The molecule has 0 fully saturated rings. The Morgan fingerprint density at radius 1 is 1.25 bits per heavy atom. The summed E-state index contributed by atoms with van der Waals surface area (Å²) < 4.78 is 18.8. The van der Waals surface area contributed by atoms with Crippen molar-refractivity contribution in [3.8, 4) is 17.3 Å². The monoisotopic (exact) mass is 272 g/mol. The SMILES string of the molecule is CCOc1ccc2[nH]c(-c3ccc(N)c(F)c3)nc2n1. The highest BCUT2D eigenvalue weighted by Gasteiger charge is 2.09. The van der Waals surface area contributed by atoms with Gasteiger partial charge in [-0.05, 0) is 31.2 Å². The van der Waals surface area contributed by atoms with Crippen LogP contribution < -0.4 is 10.5 Å². The van der Waals surface area contributed by atoms with E-state index >= 15 is 0 Å². The molecular weight excluding hydrogens is 259 g/mol. The number of hydrogen-bond donors (Lipinski definition) is 2. The number of anilines is 1. The van der Waals surface area contributed by atoms with Gasteiger partial charge >= 0.3 is 0 Å². The number of nitrogen functional groups attached to an aromatic ring is 1. The Morgan fingerprint density at radius 2 is 2.10 bits per heavy atom. The molecule has 6 heteroatoms. The molecule has 0 radical (unpaired) electrons. The standard InChI is InChI=1S/C14H13FN4O/c1-2-20-12-6-5-11-14(18-12)19-13(17-11)8-3-4-10(16)9(15)7-8/h3-7H,2,16H2,1H3,(H,17,18,19). The molecule has 0 saturated carbocycles. The van der Waals surface area contributed by atoms with Crippen molar-refractivity contribution in [1.29, 1.82) is 0 Å². The summed E-state index contributed by atoms with van der Waals surface area (Å²) in [6.45, 7) is 2.43. The summed E-state index contributed by atoms with van der Waals surface area (Å²) in [6.07, 6.45) is 0. The zero-order valence-corrected chi connectivity index (χ0v) is 10.9. The summed E-state index contributed by atoms with van der Waals surface area (Å²) in [5.74, 6) is 0.590. The zero-order valence-electron chi connectivity index (χ0n) is 10.9. The summed E-state index contributed by atoms with van der Waals surface area (Å²) >= 11 is 0. The van der Waals surface area contributed by atoms with Crippen LogP contribution in [0.3, 0.4) is 0 Å². The lowest BCUT2D eigenvalue weighted by atomic mass is 10.2. The van der Waals surface area contributed by atoms with Crippen LogP contribution in [0.2, 0.25) is 0 Å². The number of pyridine rings is 1. The molecular formula is C14H13FN4O. The Balaban J connectivity index is 2.05. The van der Waals surface area contributed by atoms with Crippen LogP contribution in [-0.2, 0) is 0 Å². The van der Waals surface area contributed by atoms with Crippen molar-refractivity contribution in [2.45, 2.75) is 6.92 Å². The van der Waals surface area contributed by atoms with Gasteiger partial charge in [-0.15, -0.1) is 0 Å². The second-order valence-electron chi connectivity index (χ2n) is 4.28. The third-order valence-corrected chi connectivity index (χ3v) is 2.89. The normalized spacial score (nSPS) is 10.9. The van der Waals surface area contributed by atoms with Gasteiger partial charge in [-0.2, -0.15) is 4.98 Å². The fraction of sp³-hybridized carbons (Fsp3) is 0.143. The van der Waals surface area contributed by atoms with Crippen molar-refractivity contribution in [2.75, 3.05) is 12.3 Å². The van der Waals surface area contributed by atoms with Gasteiger partial charge in [0.2, 0.25) is 5.88 Å². The van der Waals surface area contributed by atoms with Crippen molar-refractivity contribution in [3.63, 3.8) is 0 Å². The second-order valence-corrected chi connectivity index (χ2v) is 4.28. The predicted octanol–water partition coefficient (Wildman–Crippen LogP) is 2.74. The number of nitrogens with zero attached hydrogens (tertiary/aromatic N) is 2. The Kier molecular flexibility index (Phi) is 2.98. The van der Waals surface area contributed by atoms with Gasteiger partial charge < -0.3 is 15.5 Å². The van der Waals surface area contributed by atoms with E-state index in [-0.39, 0.29) is 5.69 Å². The molecule has 1 aromatic carbocycles. The number of aromatic amines is 1. The van der Waals surface area contributed by atoms with E-state index in [9.17, 15) is 4.39 Å². The van der Waals surface area contributed by atoms with Crippen molar-refractivity contribution in [2.24, 2.45) is 0 Å². The summed E-state index contributed by atoms with van der Waals surface area (Å²) in [5.41, 5.74) is 7.49. The Bertz CT molecular complexity index is 769. The minimum absolute atomic E-state index is 0.113. The maximum absolute atomic E-state index is 13.5. The average molecular weight is 272 g/mol. The fourth-order valence-electron chi connectivity index (χ4n) is 1.91. The molecule has 5 nitrogen and oxygen atoms in total. The fourth-order valence-corrected chi connectivity index (χ4v) is 1.91.